The number of rotatable bonds is 7. The van der Waals surface area contributed by atoms with Crippen molar-refractivity contribution in [2.75, 3.05) is 19.6 Å². The molecule has 0 radical (unpaired) electrons. The molecule has 33 heavy (non-hydrogen) atoms. The molecule has 0 atom stereocenters. The number of H-pyrrole nitrogens is 2. The number of aromatic nitrogens is 2. The van der Waals surface area contributed by atoms with Crippen LogP contribution in [-0.2, 0) is 6.42 Å². The number of nitrogens with one attached hydrogen (secondary N) is 3. The first-order valence-electron chi connectivity index (χ1n) is 11.6. The lowest BCUT2D eigenvalue weighted by molar-refractivity contribution is 0.0910. The van der Waals surface area contributed by atoms with E-state index >= 15 is 0 Å². The number of nitrogens with zero attached hydrogens (tertiary/aromatic N) is 1. The molecule has 0 aliphatic carbocycles. The van der Waals surface area contributed by atoms with Crippen LogP contribution in [-0.4, -0.2) is 52.4 Å². The number of aryl methyl sites for hydroxylation is 1. The van der Waals surface area contributed by atoms with Crippen LogP contribution in [0.1, 0.15) is 45.5 Å². The number of hydrogen-bond acceptors (Lipinski definition) is 3. The molecule has 5 rings (SSSR count). The number of aromatic amines is 2. The van der Waals surface area contributed by atoms with Gasteiger partial charge in [-0.15, -0.1) is 0 Å². The van der Waals surface area contributed by atoms with Crippen molar-refractivity contribution in [3.63, 3.8) is 0 Å². The average molecular weight is 444 g/mol. The second-order valence-corrected chi connectivity index (χ2v) is 8.91. The summed E-state index contributed by atoms with van der Waals surface area (Å²) in [5.41, 5.74) is 9.97. The van der Waals surface area contributed by atoms with E-state index in [-0.39, 0.29) is 11.9 Å². The number of fused-ring (bicyclic) bond motifs is 2. The fourth-order valence-electron chi connectivity index (χ4n) is 4.80. The molecular weight excluding hydrogens is 414 g/mol. The topological polar surface area (TPSA) is 107 Å². The number of carbonyl (C=O) groups excluding carboxylic acids is 2. The third kappa shape index (κ3) is 4.64. The van der Waals surface area contributed by atoms with Crippen LogP contribution in [0.15, 0.2) is 54.9 Å². The van der Waals surface area contributed by atoms with Crippen molar-refractivity contribution in [1.82, 2.24) is 20.2 Å². The van der Waals surface area contributed by atoms with Gasteiger partial charge in [0.25, 0.3) is 5.91 Å². The van der Waals surface area contributed by atoms with Gasteiger partial charge in [-0.25, -0.2) is 0 Å². The second kappa shape index (κ2) is 9.11. The van der Waals surface area contributed by atoms with Crippen molar-refractivity contribution in [2.24, 2.45) is 5.73 Å². The highest BCUT2D eigenvalue weighted by Crippen LogP contribution is 2.22. The van der Waals surface area contributed by atoms with Gasteiger partial charge >= 0.3 is 0 Å². The first kappa shape index (κ1) is 21.3. The van der Waals surface area contributed by atoms with Crippen LogP contribution in [0.3, 0.4) is 0 Å². The summed E-state index contributed by atoms with van der Waals surface area (Å²) in [4.78, 5) is 33.1. The molecule has 4 aromatic rings. The van der Waals surface area contributed by atoms with Crippen LogP contribution >= 0.6 is 0 Å². The first-order valence-corrected chi connectivity index (χ1v) is 11.6. The van der Waals surface area contributed by atoms with E-state index in [9.17, 15) is 9.59 Å². The Morgan fingerprint density at radius 2 is 1.79 bits per heavy atom. The number of benzene rings is 2. The maximum atomic E-state index is 12.7. The van der Waals surface area contributed by atoms with Crippen LogP contribution in [0.25, 0.3) is 21.8 Å². The van der Waals surface area contributed by atoms with Crippen molar-refractivity contribution in [3.8, 4) is 0 Å². The summed E-state index contributed by atoms with van der Waals surface area (Å²) >= 11 is 0. The van der Waals surface area contributed by atoms with Crippen molar-refractivity contribution in [2.45, 2.75) is 31.7 Å². The van der Waals surface area contributed by atoms with Crippen LogP contribution in [0, 0.1) is 0 Å². The number of piperidine rings is 1. The van der Waals surface area contributed by atoms with Crippen molar-refractivity contribution < 1.29 is 9.59 Å². The standard InChI is InChI=1S/C26H29N5O2/c27-25(32)18-3-6-24-22(15-18)20(16-29-24)2-1-11-31-12-8-21(9-13-31)30-26(33)19-4-5-23-17(14-19)7-10-28-23/h3-7,10,14-16,21,28-29H,1-2,8-9,11-13H2,(H2,27,32)(H,30,33). The van der Waals surface area contributed by atoms with Crippen molar-refractivity contribution >= 4 is 33.6 Å². The maximum Gasteiger partial charge on any atom is 0.251 e. The molecule has 1 aliphatic heterocycles. The zero-order valence-corrected chi connectivity index (χ0v) is 18.6. The van der Waals surface area contributed by atoms with Gasteiger partial charge in [0.2, 0.25) is 5.91 Å². The van der Waals surface area contributed by atoms with Crippen molar-refractivity contribution in [3.05, 3.63) is 71.5 Å². The van der Waals surface area contributed by atoms with Gasteiger partial charge in [-0.1, -0.05) is 0 Å². The minimum absolute atomic E-state index is 0.00576. The maximum absolute atomic E-state index is 12.7. The SMILES string of the molecule is NC(=O)c1ccc2[nH]cc(CCCN3CCC(NC(=O)c4ccc5[nH]ccc5c4)CC3)c2c1. The quantitative estimate of drug-likeness (QED) is 0.351. The molecule has 3 heterocycles. The monoisotopic (exact) mass is 443 g/mol. The van der Waals surface area contributed by atoms with Crippen LogP contribution < -0.4 is 11.1 Å². The first-order chi connectivity index (χ1) is 16.1. The van der Waals surface area contributed by atoms with E-state index in [1.807, 2.05) is 48.8 Å². The fraction of sp³-hybridized carbons (Fsp3) is 0.308. The van der Waals surface area contributed by atoms with E-state index in [0.29, 0.717) is 11.1 Å². The molecule has 2 amide bonds. The number of primary amides is 1. The zero-order valence-electron chi connectivity index (χ0n) is 18.6. The summed E-state index contributed by atoms with van der Waals surface area (Å²) < 4.78 is 0. The molecule has 1 saturated heterocycles. The highest BCUT2D eigenvalue weighted by molar-refractivity contribution is 5.98. The van der Waals surface area contributed by atoms with E-state index in [4.69, 9.17) is 5.73 Å². The molecule has 7 nitrogen and oxygen atoms in total. The van der Waals surface area contributed by atoms with Crippen molar-refractivity contribution in [1.29, 1.82) is 0 Å². The highest BCUT2D eigenvalue weighted by atomic mass is 16.2. The number of nitrogens with two attached hydrogens (primary N) is 1. The smallest absolute Gasteiger partial charge is 0.251 e. The summed E-state index contributed by atoms with van der Waals surface area (Å²) in [6, 6.07) is 13.5. The Morgan fingerprint density at radius 3 is 2.61 bits per heavy atom. The average Bonchev–Trinajstić information content (AvgIpc) is 3.46. The van der Waals surface area contributed by atoms with Gasteiger partial charge in [-0.3, -0.25) is 9.59 Å². The van der Waals surface area contributed by atoms with Crippen LogP contribution in [0.4, 0.5) is 0 Å². The summed E-state index contributed by atoms with van der Waals surface area (Å²) in [7, 11) is 0. The molecule has 0 saturated carbocycles. The predicted octanol–water partition coefficient (Wildman–Crippen LogP) is 3.58. The minimum atomic E-state index is -0.399. The Bertz CT molecular complexity index is 1300. The Balaban J connectivity index is 1.09. The Morgan fingerprint density at radius 1 is 1.00 bits per heavy atom. The molecule has 5 N–H and O–H groups in total. The molecule has 1 fully saturated rings. The van der Waals surface area contributed by atoms with Crippen LogP contribution in [0.5, 0.6) is 0 Å². The van der Waals surface area contributed by atoms with E-state index in [0.717, 1.165) is 67.1 Å². The Labute approximate surface area is 192 Å². The lowest BCUT2D eigenvalue weighted by Crippen LogP contribution is -2.44. The number of likely N-dealkylation sites (tertiary alicyclic amines) is 1. The summed E-state index contributed by atoms with van der Waals surface area (Å²) in [5.74, 6) is -0.393. The van der Waals surface area contributed by atoms with Crippen LogP contribution in [0.2, 0.25) is 0 Å². The lowest BCUT2D eigenvalue weighted by Gasteiger charge is -2.32. The molecule has 0 bridgehead atoms. The molecule has 2 aromatic carbocycles. The van der Waals surface area contributed by atoms with E-state index in [2.05, 4.69) is 20.2 Å². The third-order valence-corrected chi connectivity index (χ3v) is 6.71. The van der Waals surface area contributed by atoms with Gasteiger partial charge < -0.3 is 25.9 Å². The predicted molar refractivity (Wildman–Crippen MR) is 130 cm³/mol. The third-order valence-electron chi connectivity index (χ3n) is 6.71. The largest absolute Gasteiger partial charge is 0.366 e. The van der Waals surface area contributed by atoms with Gasteiger partial charge in [0.15, 0.2) is 0 Å². The number of hydrogen-bond donors (Lipinski definition) is 4. The number of amides is 2. The van der Waals surface area contributed by atoms with E-state index in [1.165, 1.54) is 5.56 Å². The molecule has 0 unspecified atom stereocenters. The second-order valence-electron chi connectivity index (χ2n) is 8.91. The normalized spacial score (nSPS) is 15.3. The summed E-state index contributed by atoms with van der Waals surface area (Å²) in [6.45, 7) is 3.00. The van der Waals surface area contributed by atoms with E-state index in [1.54, 1.807) is 6.07 Å². The molecule has 1 aliphatic rings. The van der Waals surface area contributed by atoms with Gasteiger partial charge in [0.05, 0.1) is 0 Å². The molecule has 7 heteroatoms. The molecular formula is C26H29N5O2. The summed E-state index contributed by atoms with van der Waals surface area (Å²) in [6.07, 6.45) is 7.84. The minimum Gasteiger partial charge on any atom is -0.366 e. The molecule has 2 aromatic heterocycles. The summed E-state index contributed by atoms with van der Waals surface area (Å²) in [5, 5.41) is 5.34. The zero-order chi connectivity index (χ0) is 22.8. The lowest BCUT2D eigenvalue weighted by atomic mass is 10.0. The fourth-order valence-corrected chi connectivity index (χ4v) is 4.80. The number of carbonyl (C=O) groups is 2. The molecule has 170 valence electrons. The highest BCUT2D eigenvalue weighted by Gasteiger charge is 2.21. The van der Waals surface area contributed by atoms with Gasteiger partial charge in [0.1, 0.15) is 0 Å². The van der Waals surface area contributed by atoms with Gasteiger partial charge in [-0.2, -0.15) is 0 Å². The van der Waals surface area contributed by atoms with E-state index < -0.39 is 5.91 Å². The Hall–Kier alpha value is -3.58. The van der Waals surface area contributed by atoms with Gasteiger partial charge in [0, 0.05) is 64.5 Å². The van der Waals surface area contributed by atoms with Gasteiger partial charge in [-0.05, 0) is 80.3 Å². The molecule has 0 spiro atoms. The Kier molecular flexibility index (Phi) is 5.88.